The molecule has 0 aromatic carbocycles. The van der Waals surface area contributed by atoms with E-state index in [0.29, 0.717) is 19.4 Å². The Labute approximate surface area is 200 Å². The summed E-state index contributed by atoms with van der Waals surface area (Å²) in [5.41, 5.74) is 11.3. The lowest BCUT2D eigenvalue weighted by molar-refractivity contribution is -0.143. The van der Waals surface area contributed by atoms with Gasteiger partial charge in [-0.2, -0.15) is 0 Å². The number of carboxylic acid groups (broad SMARTS) is 2. The average molecular weight is 488 g/mol. The van der Waals surface area contributed by atoms with Gasteiger partial charge in [0.05, 0.1) is 6.04 Å². The van der Waals surface area contributed by atoms with Gasteiger partial charge in [-0.25, -0.2) is 4.79 Å². The Morgan fingerprint density at radius 1 is 0.794 bits per heavy atom. The van der Waals surface area contributed by atoms with Crippen LogP contribution in [0.5, 0.6) is 0 Å². The van der Waals surface area contributed by atoms with Crippen LogP contribution in [0.3, 0.4) is 0 Å². The molecule has 0 saturated carbocycles. The highest BCUT2D eigenvalue weighted by Gasteiger charge is 2.32. The Kier molecular flexibility index (Phi) is 14.7. The van der Waals surface area contributed by atoms with Gasteiger partial charge in [0.2, 0.25) is 17.7 Å². The Morgan fingerprint density at radius 3 is 1.85 bits per heavy atom. The van der Waals surface area contributed by atoms with Gasteiger partial charge in [-0.3, -0.25) is 19.2 Å². The van der Waals surface area contributed by atoms with Crippen LogP contribution in [0.4, 0.5) is 0 Å². The van der Waals surface area contributed by atoms with Crippen molar-refractivity contribution in [1.29, 1.82) is 0 Å². The van der Waals surface area contributed by atoms with Crippen LogP contribution in [0.2, 0.25) is 0 Å². The number of aliphatic carboxylic acids is 2. The Bertz CT molecular complexity index is 699. The number of nitrogens with two attached hydrogens (primary N) is 2. The normalized spacial score (nSPS) is 14.7. The van der Waals surface area contributed by atoms with E-state index in [1.54, 1.807) is 13.8 Å². The molecule has 0 aliphatic carbocycles. The Balaban J connectivity index is 5.41. The fourth-order valence-electron chi connectivity index (χ4n) is 3.19. The van der Waals surface area contributed by atoms with Crippen LogP contribution in [0, 0.1) is 11.8 Å². The molecular formula is C22H41N5O7. The van der Waals surface area contributed by atoms with E-state index in [0.717, 1.165) is 0 Å². The van der Waals surface area contributed by atoms with Gasteiger partial charge in [0.15, 0.2) is 0 Å². The van der Waals surface area contributed by atoms with Crippen molar-refractivity contribution in [3.8, 4) is 0 Å². The lowest BCUT2D eigenvalue weighted by Gasteiger charge is -2.27. The van der Waals surface area contributed by atoms with Gasteiger partial charge in [-0.1, -0.05) is 27.7 Å². The topological polar surface area (TPSA) is 214 Å². The lowest BCUT2D eigenvalue weighted by Crippen LogP contribution is -2.58. The van der Waals surface area contributed by atoms with Crippen LogP contribution in [-0.4, -0.2) is 70.6 Å². The van der Waals surface area contributed by atoms with Crippen LogP contribution in [0.25, 0.3) is 0 Å². The molecule has 0 aliphatic heterocycles. The minimum Gasteiger partial charge on any atom is -0.481 e. The van der Waals surface area contributed by atoms with Gasteiger partial charge in [-0.05, 0) is 50.5 Å². The Morgan fingerprint density at radius 2 is 1.38 bits per heavy atom. The number of nitrogens with one attached hydrogen (secondary N) is 3. The second-order valence-electron chi connectivity index (χ2n) is 9.14. The third kappa shape index (κ3) is 12.5. The highest BCUT2D eigenvalue weighted by molar-refractivity contribution is 5.94. The molecule has 0 aromatic heterocycles. The van der Waals surface area contributed by atoms with Crippen LogP contribution < -0.4 is 27.4 Å². The number of rotatable bonds is 17. The van der Waals surface area contributed by atoms with Crippen molar-refractivity contribution in [3.05, 3.63) is 0 Å². The molecule has 0 bridgehead atoms. The van der Waals surface area contributed by atoms with Crippen LogP contribution in [0.1, 0.15) is 66.2 Å². The highest BCUT2D eigenvalue weighted by atomic mass is 16.4. The van der Waals surface area contributed by atoms with Crippen LogP contribution in [-0.2, 0) is 24.0 Å². The first-order valence-corrected chi connectivity index (χ1v) is 11.6. The number of carbonyl (C=O) groups is 5. The second-order valence-corrected chi connectivity index (χ2v) is 9.14. The molecule has 12 heteroatoms. The van der Waals surface area contributed by atoms with Crippen LogP contribution in [0.15, 0.2) is 0 Å². The monoisotopic (exact) mass is 487 g/mol. The molecule has 4 atom stereocenters. The largest absolute Gasteiger partial charge is 0.481 e. The van der Waals surface area contributed by atoms with E-state index in [2.05, 4.69) is 16.0 Å². The van der Waals surface area contributed by atoms with Crippen molar-refractivity contribution in [3.63, 3.8) is 0 Å². The summed E-state index contributed by atoms with van der Waals surface area (Å²) in [7, 11) is 0. The summed E-state index contributed by atoms with van der Waals surface area (Å²) in [5.74, 6) is -4.54. The maximum Gasteiger partial charge on any atom is 0.326 e. The minimum absolute atomic E-state index is 0.0287. The molecule has 0 spiro atoms. The van der Waals surface area contributed by atoms with E-state index < -0.39 is 53.8 Å². The number of amides is 3. The SMILES string of the molecule is CC(C)CC(NC(=O)C(NC(=O)C(CCCCN)NC(=O)C(N)CCC(=O)O)C(C)C)C(=O)O. The molecule has 4 unspecified atom stereocenters. The maximum absolute atomic E-state index is 13.0. The molecule has 0 aromatic rings. The van der Waals surface area contributed by atoms with E-state index in [9.17, 15) is 29.1 Å². The molecule has 3 amide bonds. The average Bonchev–Trinajstić information content (AvgIpc) is 2.73. The third-order valence-electron chi connectivity index (χ3n) is 5.15. The fourth-order valence-corrected chi connectivity index (χ4v) is 3.19. The first-order chi connectivity index (χ1) is 15.8. The summed E-state index contributed by atoms with van der Waals surface area (Å²) in [4.78, 5) is 60.4. The van der Waals surface area contributed by atoms with Gasteiger partial charge in [-0.15, -0.1) is 0 Å². The minimum atomic E-state index is -1.17. The van der Waals surface area contributed by atoms with Crippen molar-refractivity contribution in [2.75, 3.05) is 6.54 Å². The van der Waals surface area contributed by atoms with Gasteiger partial charge in [0, 0.05) is 6.42 Å². The summed E-state index contributed by atoms with van der Waals surface area (Å²) in [6.07, 6.45) is 1.20. The molecule has 12 nitrogen and oxygen atoms in total. The van der Waals surface area contributed by atoms with Crippen molar-refractivity contribution >= 4 is 29.7 Å². The van der Waals surface area contributed by atoms with Crippen molar-refractivity contribution in [2.24, 2.45) is 23.3 Å². The lowest BCUT2D eigenvalue weighted by atomic mass is 9.99. The molecule has 196 valence electrons. The van der Waals surface area contributed by atoms with E-state index in [-0.39, 0.29) is 37.5 Å². The number of unbranched alkanes of at least 4 members (excludes halogenated alkanes) is 1. The molecule has 0 fully saturated rings. The molecule has 0 rings (SSSR count). The summed E-state index contributed by atoms with van der Waals surface area (Å²) >= 11 is 0. The standard InChI is InChI=1S/C22H41N5O7/c1-12(2)11-16(22(33)34)26-21(32)18(13(3)4)27-20(31)15(7-5-6-10-23)25-19(30)14(24)8-9-17(28)29/h12-16,18H,5-11,23-24H2,1-4H3,(H,25,30)(H,26,32)(H,27,31)(H,28,29)(H,33,34). The molecule has 0 heterocycles. The summed E-state index contributed by atoms with van der Waals surface area (Å²) in [6.45, 7) is 7.46. The maximum atomic E-state index is 13.0. The third-order valence-corrected chi connectivity index (χ3v) is 5.15. The Hall–Kier alpha value is -2.73. The van der Waals surface area contributed by atoms with E-state index in [4.69, 9.17) is 16.6 Å². The molecular weight excluding hydrogens is 446 g/mol. The first-order valence-electron chi connectivity index (χ1n) is 11.6. The molecule has 0 aliphatic rings. The predicted molar refractivity (Wildman–Crippen MR) is 125 cm³/mol. The zero-order chi connectivity index (χ0) is 26.4. The van der Waals surface area contributed by atoms with Gasteiger partial charge in [0.1, 0.15) is 18.1 Å². The zero-order valence-electron chi connectivity index (χ0n) is 20.5. The summed E-state index contributed by atoms with van der Waals surface area (Å²) < 4.78 is 0. The molecule has 34 heavy (non-hydrogen) atoms. The number of carboxylic acids is 2. The summed E-state index contributed by atoms with van der Waals surface area (Å²) in [6, 6.07) is -4.26. The predicted octanol–water partition coefficient (Wildman–Crippen LogP) is -0.451. The van der Waals surface area contributed by atoms with Gasteiger partial charge >= 0.3 is 11.9 Å². The fraction of sp³-hybridized carbons (Fsp3) is 0.773. The van der Waals surface area contributed by atoms with Crippen molar-refractivity contribution in [2.45, 2.75) is 90.4 Å². The van der Waals surface area contributed by atoms with E-state index >= 15 is 0 Å². The highest BCUT2D eigenvalue weighted by Crippen LogP contribution is 2.09. The van der Waals surface area contributed by atoms with E-state index in [1.807, 2.05) is 13.8 Å². The van der Waals surface area contributed by atoms with Crippen molar-refractivity contribution < 1.29 is 34.2 Å². The summed E-state index contributed by atoms with van der Waals surface area (Å²) in [5, 5.41) is 25.8. The smallest absolute Gasteiger partial charge is 0.326 e. The molecule has 0 saturated heterocycles. The van der Waals surface area contributed by atoms with Crippen LogP contribution >= 0.6 is 0 Å². The molecule has 0 radical (unpaired) electrons. The van der Waals surface area contributed by atoms with Crippen molar-refractivity contribution in [1.82, 2.24) is 16.0 Å². The quantitative estimate of drug-likeness (QED) is 0.132. The molecule has 9 N–H and O–H groups in total. The first kappa shape index (κ1) is 31.3. The number of hydrogen-bond acceptors (Lipinski definition) is 7. The second kappa shape index (κ2) is 16.0. The van der Waals surface area contributed by atoms with E-state index in [1.165, 1.54) is 0 Å². The van der Waals surface area contributed by atoms with Gasteiger partial charge < -0.3 is 37.6 Å². The van der Waals surface area contributed by atoms with Gasteiger partial charge in [0.25, 0.3) is 0 Å². The zero-order valence-corrected chi connectivity index (χ0v) is 20.5. The number of carbonyl (C=O) groups excluding carboxylic acids is 3. The number of hydrogen-bond donors (Lipinski definition) is 7.